The first-order valence-electron chi connectivity index (χ1n) is 10.8. The quantitative estimate of drug-likeness (QED) is 0.308. The molecule has 0 aliphatic heterocycles. The second-order valence-electron chi connectivity index (χ2n) is 7.91. The molecule has 0 unspecified atom stereocenters. The largest absolute Gasteiger partial charge is 0.397 e. The van der Waals surface area contributed by atoms with Gasteiger partial charge in [-0.05, 0) is 48.4 Å². The summed E-state index contributed by atoms with van der Waals surface area (Å²) >= 11 is 0. The van der Waals surface area contributed by atoms with E-state index in [0.717, 1.165) is 11.1 Å². The number of nitrogens with zero attached hydrogens (tertiary/aromatic N) is 2. The van der Waals surface area contributed by atoms with E-state index in [4.69, 9.17) is 15.2 Å². The lowest BCUT2D eigenvalue weighted by Gasteiger charge is -2.12. The normalized spacial score (nSPS) is 11.1. The van der Waals surface area contributed by atoms with Gasteiger partial charge in [0.25, 0.3) is 0 Å². The molecule has 0 radical (unpaired) electrons. The van der Waals surface area contributed by atoms with Gasteiger partial charge in [-0.1, -0.05) is 12.1 Å². The molecular formula is C25H25F2N5O3. The van der Waals surface area contributed by atoms with Gasteiger partial charge in [-0.15, -0.1) is 0 Å². The number of rotatable bonds is 8. The van der Waals surface area contributed by atoms with E-state index in [1.54, 1.807) is 49.1 Å². The summed E-state index contributed by atoms with van der Waals surface area (Å²) in [6.45, 7) is 2.84. The third-order valence-electron chi connectivity index (χ3n) is 5.35. The van der Waals surface area contributed by atoms with Gasteiger partial charge in [-0.3, -0.25) is 0 Å². The van der Waals surface area contributed by atoms with Crippen molar-refractivity contribution in [2.24, 2.45) is 0 Å². The first-order valence-corrected chi connectivity index (χ1v) is 10.8. The number of urea groups is 1. The predicted molar refractivity (Wildman–Crippen MR) is 130 cm³/mol. The maximum absolute atomic E-state index is 15.1. The molecule has 0 saturated carbocycles. The van der Waals surface area contributed by atoms with Crippen LogP contribution < -0.4 is 16.4 Å². The Hall–Kier alpha value is -4.02. The Kier molecular flexibility index (Phi) is 7.23. The average molecular weight is 482 g/mol. The van der Waals surface area contributed by atoms with Crippen LogP contribution in [-0.2, 0) is 16.1 Å². The van der Waals surface area contributed by atoms with E-state index in [0.29, 0.717) is 35.5 Å². The van der Waals surface area contributed by atoms with Crippen molar-refractivity contribution >= 4 is 28.6 Å². The Morgan fingerprint density at radius 1 is 1.06 bits per heavy atom. The number of nitrogens with two attached hydrogens (primary N) is 1. The molecule has 4 rings (SSSR count). The first kappa shape index (κ1) is 24.1. The van der Waals surface area contributed by atoms with Gasteiger partial charge in [-0.25, -0.2) is 18.1 Å². The van der Waals surface area contributed by atoms with Crippen molar-refractivity contribution in [2.75, 3.05) is 36.7 Å². The van der Waals surface area contributed by atoms with Gasteiger partial charge in [-0.2, -0.15) is 5.10 Å². The standard InChI is InChI=1S/C25H25F2N5O3/c1-15-3-5-18(26)22(11-15)31-25(33)30-21-6-4-16(12-19(21)27)23-17(14-35-10-9-34-2)13-32-24(23)20(28)7-8-29-32/h3-8,11-13H,9-10,14,28H2,1-2H3,(H2,30,31,33). The number of ether oxygens (including phenoxy) is 2. The zero-order valence-corrected chi connectivity index (χ0v) is 19.3. The highest BCUT2D eigenvalue weighted by Crippen LogP contribution is 2.35. The van der Waals surface area contributed by atoms with Crippen molar-refractivity contribution in [3.05, 3.63) is 77.6 Å². The number of halogens is 2. The van der Waals surface area contributed by atoms with Crippen molar-refractivity contribution in [2.45, 2.75) is 13.5 Å². The van der Waals surface area contributed by atoms with Gasteiger partial charge < -0.3 is 25.8 Å². The van der Waals surface area contributed by atoms with E-state index in [-0.39, 0.29) is 18.0 Å². The Balaban J connectivity index is 1.60. The molecule has 0 atom stereocenters. The van der Waals surface area contributed by atoms with Crippen LogP contribution in [-0.4, -0.2) is 36.0 Å². The molecule has 4 aromatic rings. The molecule has 2 aromatic heterocycles. The summed E-state index contributed by atoms with van der Waals surface area (Å²) in [5.74, 6) is -1.26. The third kappa shape index (κ3) is 5.39. The van der Waals surface area contributed by atoms with Crippen LogP contribution in [0.1, 0.15) is 11.1 Å². The van der Waals surface area contributed by atoms with E-state index in [1.165, 1.54) is 24.3 Å². The Bertz CT molecular complexity index is 1370. The molecule has 2 heterocycles. The summed E-state index contributed by atoms with van der Waals surface area (Å²) in [7, 11) is 1.59. The van der Waals surface area contributed by atoms with Gasteiger partial charge >= 0.3 is 6.03 Å². The predicted octanol–water partition coefficient (Wildman–Crippen LogP) is 4.98. The molecule has 2 aromatic carbocycles. The van der Waals surface area contributed by atoms with Crippen molar-refractivity contribution < 1.29 is 23.0 Å². The van der Waals surface area contributed by atoms with E-state index in [2.05, 4.69) is 15.7 Å². The third-order valence-corrected chi connectivity index (χ3v) is 5.35. The van der Waals surface area contributed by atoms with Crippen molar-refractivity contribution in [3.63, 3.8) is 0 Å². The monoisotopic (exact) mass is 481 g/mol. The fraction of sp³-hybridized carbons (Fsp3) is 0.200. The lowest BCUT2D eigenvalue weighted by atomic mass is 10.0. The Morgan fingerprint density at radius 3 is 2.63 bits per heavy atom. The molecule has 0 spiro atoms. The maximum Gasteiger partial charge on any atom is 0.323 e. The lowest BCUT2D eigenvalue weighted by molar-refractivity contribution is 0.0618. The number of carbonyl (C=O) groups is 1. The highest BCUT2D eigenvalue weighted by Gasteiger charge is 2.18. The second-order valence-corrected chi connectivity index (χ2v) is 7.91. The zero-order chi connectivity index (χ0) is 24.9. The van der Waals surface area contributed by atoms with E-state index in [1.807, 2.05) is 0 Å². The number of nitrogens with one attached hydrogen (secondary N) is 2. The van der Waals surface area contributed by atoms with E-state index < -0.39 is 17.7 Å². The number of amides is 2. The van der Waals surface area contributed by atoms with Crippen LogP contribution in [0.15, 0.2) is 54.9 Å². The van der Waals surface area contributed by atoms with Crippen molar-refractivity contribution in [1.29, 1.82) is 0 Å². The number of carbonyl (C=O) groups excluding carboxylic acids is 1. The summed E-state index contributed by atoms with van der Waals surface area (Å²) in [5, 5.41) is 9.11. The van der Waals surface area contributed by atoms with Crippen LogP contribution in [0.5, 0.6) is 0 Å². The second kappa shape index (κ2) is 10.5. The van der Waals surface area contributed by atoms with Crippen LogP contribution in [0.4, 0.5) is 30.6 Å². The van der Waals surface area contributed by atoms with Crippen LogP contribution in [0, 0.1) is 18.6 Å². The smallest absolute Gasteiger partial charge is 0.323 e. The van der Waals surface area contributed by atoms with Crippen molar-refractivity contribution in [1.82, 2.24) is 9.61 Å². The molecular weight excluding hydrogens is 456 g/mol. The molecule has 0 aliphatic rings. The number of fused-ring (bicyclic) bond motifs is 1. The maximum atomic E-state index is 15.1. The molecule has 4 N–H and O–H groups in total. The number of hydrogen-bond acceptors (Lipinski definition) is 5. The van der Waals surface area contributed by atoms with E-state index in [9.17, 15) is 9.18 Å². The molecule has 0 fully saturated rings. The minimum atomic E-state index is -0.767. The van der Waals surface area contributed by atoms with Crippen molar-refractivity contribution in [3.8, 4) is 11.1 Å². The zero-order valence-electron chi connectivity index (χ0n) is 19.3. The van der Waals surface area contributed by atoms with Gasteiger partial charge in [0.1, 0.15) is 11.6 Å². The topological polar surface area (TPSA) is 103 Å². The summed E-state index contributed by atoms with van der Waals surface area (Å²) < 4.78 is 41.3. The van der Waals surface area contributed by atoms with Crippen LogP contribution in [0.2, 0.25) is 0 Å². The number of aromatic nitrogens is 2. The minimum absolute atomic E-state index is 0.000832. The average Bonchev–Trinajstić information content (AvgIpc) is 3.20. The fourth-order valence-corrected chi connectivity index (χ4v) is 3.71. The fourth-order valence-electron chi connectivity index (χ4n) is 3.71. The van der Waals surface area contributed by atoms with Gasteiger partial charge in [0.2, 0.25) is 0 Å². The summed E-state index contributed by atoms with van der Waals surface area (Å²) in [4.78, 5) is 12.3. The number of nitrogen functional groups attached to an aromatic ring is 1. The number of hydrogen-bond donors (Lipinski definition) is 3. The Labute approximate surface area is 200 Å². The SMILES string of the molecule is COCCOCc1cn2nccc(N)c2c1-c1ccc(NC(=O)Nc2cc(C)ccc2F)c(F)c1. The molecule has 0 bridgehead atoms. The number of anilines is 3. The van der Waals surface area contributed by atoms with Crippen LogP contribution in [0.3, 0.4) is 0 Å². The van der Waals surface area contributed by atoms with E-state index >= 15 is 4.39 Å². The van der Waals surface area contributed by atoms with Crippen LogP contribution in [0.25, 0.3) is 16.6 Å². The minimum Gasteiger partial charge on any atom is -0.397 e. The summed E-state index contributed by atoms with van der Waals surface area (Å²) in [6, 6.07) is 9.60. The summed E-state index contributed by atoms with van der Waals surface area (Å²) in [5.41, 5.74) is 9.97. The van der Waals surface area contributed by atoms with Gasteiger partial charge in [0, 0.05) is 30.6 Å². The molecule has 35 heavy (non-hydrogen) atoms. The molecule has 10 heteroatoms. The number of benzene rings is 2. The molecule has 0 saturated heterocycles. The number of methoxy groups -OCH3 is 1. The molecule has 0 aliphatic carbocycles. The van der Waals surface area contributed by atoms with Gasteiger partial charge in [0.15, 0.2) is 0 Å². The van der Waals surface area contributed by atoms with Crippen LogP contribution >= 0.6 is 0 Å². The lowest BCUT2D eigenvalue weighted by Crippen LogP contribution is -2.20. The highest BCUT2D eigenvalue weighted by atomic mass is 19.1. The Morgan fingerprint density at radius 2 is 1.86 bits per heavy atom. The first-order chi connectivity index (χ1) is 16.9. The van der Waals surface area contributed by atoms with Gasteiger partial charge in [0.05, 0.1) is 42.4 Å². The summed E-state index contributed by atoms with van der Waals surface area (Å²) in [6.07, 6.45) is 3.35. The number of aryl methyl sites for hydroxylation is 1. The molecule has 8 nitrogen and oxygen atoms in total. The molecule has 2 amide bonds. The molecule has 182 valence electrons. The highest BCUT2D eigenvalue weighted by molar-refractivity contribution is 6.00.